The zero-order chi connectivity index (χ0) is 21.6. The number of pyridine rings is 1. The molecule has 0 aliphatic rings. The van der Waals surface area contributed by atoms with Crippen molar-refractivity contribution in [2.24, 2.45) is 0 Å². The van der Waals surface area contributed by atoms with Gasteiger partial charge in [0.2, 0.25) is 5.91 Å². The molecule has 0 bridgehead atoms. The number of hydrogen-bond acceptors (Lipinski definition) is 3. The van der Waals surface area contributed by atoms with Crippen LogP contribution >= 0.6 is 0 Å². The third-order valence-corrected chi connectivity index (χ3v) is 5.45. The molecule has 31 heavy (non-hydrogen) atoms. The maximum atomic E-state index is 13.0. The molecule has 0 unspecified atom stereocenters. The van der Waals surface area contributed by atoms with Gasteiger partial charge in [0.15, 0.2) is 5.78 Å². The van der Waals surface area contributed by atoms with Crippen molar-refractivity contribution in [3.05, 3.63) is 108 Å². The lowest BCUT2D eigenvalue weighted by Crippen LogP contribution is -2.17. The smallest absolute Gasteiger partial charge is 0.225 e. The van der Waals surface area contributed by atoms with E-state index in [1.807, 2.05) is 72.8 Å². The number of rotatable bonds is 7. The van der Waals surface area contributed by atoms with Gasteiger partial charge in [-0.05, 0) is 42.5 Å². The van der Waals surface area contributed by atoms with Crippen LogP contribution in [0.2, 0.25) is 0 Å². The van der Waals surface area contributed by atoms with Crippen LogP contribution < -0.4 is 5.32 Å². The predicted octanol–water partition coefficient (Wildman–Crippen LogP) is 5.79. The quantitative estimate of drug-likeness (QED) is 0.394. The van der Waals surface area contributed by atoms with E-state index in [4.69, 9.17) is 0 Å². The third-order valence-electron chi connectivity index (χ3n) is 5.45. The summed E-state index contributed by atoms with van der Waals surface area (Å²) in [7, 11) is 0. The van der Waals surface area contributed by atoms with Gasteiger partial charge in [-0.3, -0.25) is 14.6 Å². The molecule has 0 spiro atoms. The standard InChI is InChI=1S/C27H24N2O2/c1-19(30)21-12-14-22(15-13-21)24(17-20-7-3-2-4-8-20)18-26(31)29-25-11-5-9-23-10-6-16-28-27(23)25/h2-16,24H,17-18H2,1H3,(H,29,31)/t24-/m1/s1. The maximum Gasteiger partial charge on any atom is 0.225 e. The van der Waals surface area contributed by atoms with Gasteiger partial charge in [-0.25, -0.2) is 0 Å². The Balaban J connectivity index is 1.57. The SMILES string of the molecule is CC(=O)c1ccc([C@@H](CC(=O)Nc2cccc3cccnc23)Cc2ccccc2)cc1. The van der Waals surface area contributed by atoms with E-state index < -0.39 is 0 Å². The molecule has 0 aliphatic heterocycles. The molecule has 4 heteroatoms. The monoisotopic (exact) mass is 408 g/mol. The lowest BCUT2D eigenvalue weighted by atomic mass is 9.88. The van der Waals surface area contributed by atoms with Gasteiger partial charge in [-0.15, -0.1) is 0 Å². The van der Waals surface area contributed by atoms with Gasteiger partial charge in [-0.1, -0.05) is 72.8 Å². The number of fused-ring (bicyclic) bond motifs is 1. The Morgan fingerprint density at radius 2 is 1.61 bits per heavy atom. The summed E-state index contributed by atoms with van der Waals surface area (Å²) in [6.07, 6.45) is 2.80. The number of amides is 1. The number of nitrogens with one attached hydrogen (secondary N) is 1. The Hall–Kier alpha value is -3.79. The first-order chi connectivity index (χ1) is 15.1. The lowest BCUT2D eigenvalue weighted by Gasteiger charge is -2.18. The summed E-state index contributed by atoms with van der Waals surface area (Å²) in [5.74, 6) is -0.0339. The van der Waals surface area contributed by atoms with Gasteiger partial charge in [0, 0.05) is 23.6 Å². The van der Waals surface area contributed by atoms with Crippen molar-refractivity contribution in [1.29, 1.82) is 0 Å². The first-order valence-corrected chi connectivity index (χ1v) is 10.4. The van der Waals surface area contributed by atoms with E-state index >= 15 is 0 Å². The highest BCUT2D eigenvalue weighted by atomic mass is 16.1. The summed E-state index contributed by atoms with van der Waals surface area (Å²) >= 11 is 0. The van der Waals surface area contributed by atoms with E-state index in [-0.39, 0.29) is 17.6 Å². The Morgan fingerprint density at radius 1 is 0.871 bits per heavy atom. The second kappa shape index (κ2) is 9.35. The van der Waals surface area contributed by atoms with Gasteiger partial charge in [0.1, 0.15) is 0 Å². The van der Waals surface area contributed by atoms with Gasteiger partial charge in [0.05, 0.1) is 11.2 Å². The van der Waals surface area contributed by atoms with E-state index in [9.17, 15) is 9.59 Å². The molecule has 0 fully saturated rings. The predicted molar refractivity (Wildman–Crippen MR) is 124 cm³/mol. The molecule has 0 saturated heterocycles. The van der Waals surface area contributed by atoms with Gasteiger partial charge in [-0.2, -0.15) is 0 Å². The molecule has 0 radical (unpaired) electrons. The Morgan fingerprint density at radius 3 is 2.35 bits per heavy atom. The van der Waals surface area contributed by atoms with E-state index in [0.29, 0.717) is 17.7 Å². The van der Waals surface area contributed by atoms with Crippen molar-refractivity contribution in [3.8, 4) is 0 Å². The van der Waals surface area contributed by atoms with Crippen LogP contribution in [0.15, 0.2) is 91.1 Å². The number of aromatic nitrogens is 1. The largest absolute Gasteiger partial charge is 0.324 e. The first kappa shape index (κ1) is 20.5. The van der Waals surface area contributed by atoms with E-state index in [1.54, 1.807) is 13.1 Å². The fraction of sp³-hybridized carbons (Fsp3) is 0.148. The van der Waals surface area contributed by atoms with Crippen LogP contribution in [0.25, 0.3) is 10.9 Å². The fourth-order valence-electron chi connectivity index (χ4n) is 3.83. The number of hydrogen-bond donors (Lipinski definition) is 1. The van der Waals surface area contributed by atoms with Crippen LogP contribution in [0, 0.1) is 0 Å². The highest BCUT2D eigenvalue weighted by Crippen LogP contribution is 2.27. The molecule has 3 aromatic carbocycles. The molecule has 4 nitrogen and oxygen atoms in total. The minimum Gasteiger partial charge on any atom is -0.324 e. The Kier molecular flexibility index (Phi) is 6.18. The maximum absolute atomic E-state index is 13.0. The van der Waals surface area contributed by atoms with Crippen molar-refractivity contribution >= 4 is 28.3 Å². The van der Waals surface area contributed by atoms with Gasteiger partial charge < -0.3 is 5.32 Å². The number of benzene rings is 3. The average molecular weight is 409 g/mol. The molecule has 4 rings (SSSR count). The number of nitrogens with zero attached hydrogens (tertiary/aromatic N) is 1. The number of Topliss-reactive ketones (excluding diaryl/α,β-unsaturated/α-hetero) is 1. The van der Waals surface area contributed by atoms with Crippen molar-refractivity contribution in [2.45, 2.75) is 25.7 Å². The summed E-state index contributed by atoms with van der Waals surface area (Å²) in [5, 5.41) is 4.03. The third kappa shape index (κ3) is 5.04. The molecule has 154 valence electrons. The number of ketones is 1. The molecule has 1 aromatic heterocycles. The van der Waals surface area contributed by atoms with E-state index in [0.717, 1.165) is 22.9 Å². The number of para-hydroxylation sites is 1. The van der Waals surface area contributed by atoms with Crippen molar-refractivity contribution < 1.29 is 9.59 Å². The zero-order valence-electron chi connectivity index (χ0n) is 17.4. The molecular weight excluding hydrogens is 384 g/mol. The summed E-state index contributed by atoms with van der Waals surface area (Å²) < 4.78 is 0. The summed E-state index contributed by atoms with van der Waals surface area (Å²) in [4.78, 5) is 29.1. The Labute approximate surface area is 182 Å². The minimum atomic E-state index is -0.0604. The summed E-state index contributed by atoms with van der Waals surface area (Å²) in [6.45, 7) is 1.56. The Bertz CT molecular complexity index is 1200. The number of carbonyl (C=O) groups is 2. The van der Waals surface area contributed by atoms with Crippen molar-refractivity contribution in [3.63, 3.8) is 0 Å². The van der Waals surface area contributed by atoms with Crippen LogP contribution in [-0.2, 0) is 11.2 Å². The van der Waals surface area contributed by atoms with Crippen LogP contribution in [-0.4, -0.2) is 16.7 Å². The highest BCUT2D eigenvalue weighted by Gasteiger charge is 2.18. The summed E-state index contributed by atoms with van der Waals surface area (Å²) in [5.41, 5.74) is 4.38. The second-order valence-corrected chi connectivity index (χ2v) is 7.70. The van der Waals surface area contributed by atoms with Crippen LogP contribution in [0.4, 0.5) is 5.69 Å². The fourth-order valence-corrected chi connectivity index (χ4v) is 3.83. The van der Waals surface area contributed by atoms with Crippen LogP contribution in [0.5, 0.6) is 0 Å². The lowest BCUT2D eigenvalue weighted by molar-refractivity contribution is -0.116. The zero-order valence-corrected chi connectivity index (χ0v) is 17.4. The molecular formula is C27H24N2O2. The van der Waals surface area contributed by atoms with Crippen LogP contribution in [0.1, 0.15) is 40.7 Å². The normalized spacial score (nSPS) is 11.8. The van der Waals surface area contributed by atoms with Gasteiger partial charge in [0.25, 0.3) is 0 Å². The molecule has 1 amide bonds. The van der Waals surface area contributed by atoms with E-state index in [1.165, 1.54) is 5.56 Å². The number of carbonyl (C=O) groups excluding carboxylic acids is 2. The number of anilines is 1. The summed E-state index contributed by atoms with van der Waals surface area (Å²) in [6, 6.07) is 27.4. The second-order valence-electron chi connectivity index (χ2n) is 7.70. The van der Waals surface area contributed by atoms with Gasteiger partial charge >= 0.3 is 0 Å². The highest BCUT2D eigenvalue weighted by molar-refractivity contribution is 6.00. The van der Waals surface area contributed by atoms with E-state index in [2.05, 4.69) is 22.4 Å². The molecule has 1 heterocycles. The molecule has 1 N–H and O–H groups in total. The first-order valence-electron chi connectivity index (χ1n) is 10.4. The topological polar surface area (TPSA) is 59.1 Å². The molecule has 1 atom stereocenters. The molecule has 4 aromatic rings. The average Bonchev–Trinajstić information content (AvgIpc) is 2.80. The van der Waals surface area contributed by atoms with Crippen molar-refractivity contribution in [1.82, 2.24) is 4.98 Å². The minimum absolute atomic E-state index is 0.00802. The molecule has 0 saturated carbocycles. The van der Waals surface area contributed by atoms with Crippen LogP contribution in [0.3, 0.4) is 0 Å². The molecule has 0 aliphatic carbocycles. The van der Waals surface area contributed by atoms with Crippen molar-refractivity contribution in [2.75, 3.05) is 5.32 Å².